The molecule has 0 saturated carbocycles. The molecule has 1 fully saturated rings. The lowest BCUT2D eigenvalue weighted by molar-refractivity contribution is 0.806. The Morgan fingerprint density at radius 2 is 2.46 bits per heavy atom. The van der Waals surface area contributed by atoms with Crippen LogP contribution in [0.15, 0.2) is 18.3 Å². The predicted octanol–water partition coefficient (Wildman–Crippen LogP) is 2.52. The maximum Gasteiger partial charge on any atom is 0.101 e. The summed E-state index contributed by atoms with van der Waals surface area (Å²) < 4.78 is 0. The van der Waals surface area contributed by atoms with Gasteiger partial charge in [0.1, 0.15) is 6.07 Å². The summed E-state index contributed by atoms with van der Waals surface area (Å²) in [5.41, 5.74) is 1.77. The SMILES string of the molecule is N#Cc1ccc(C2CCCS2)nc1. The average Bonchev–Trinajstić information content (AvgIpc) is 2.71. The van der Waals surface area contributed by atoms with Crippen molar-refractivity contribution in [1.82, 2.24) is 4.98 Å². The van der Waals surface area contributed by atoms with Crippen LogP contribution < -0.4 is 0 Å². The zero-order valence-electron chi connectivity index (χ0n) is 7.23. The smallest absolute Gasteiger partial charge is 0.101 e. The Balaban J connectivity index is 2.18. The van der Waals surface area contributed by atoms with E-state index in [4.69, 9.17) is 5.26 Å². The van der Waals surface area contributed by atoms with Crippen molar-refractivity contribution in [2.24, 2.45) is 0 Å². The molecule has 2 rings (SSSR count). The Morgan fingerprint density at radius 1 is 1.54 bits per heavy atom. The van der Waals surface area contributed by atoms with Crippen molar-refractivity contribution < 1.29 is 0 Å². The number of aromatic nitrogens is 1. The second kappa shape index (κ2) is 3.80. The van der Waals surface area contributed by atoms with Crippen LogP contribution in [0, 0.1) is 11.3 Å². The quantitative estimate of drug-likeness (QED) is 0.682. The van der Waals surface area contributed by atoms with Crippen LogP contribution in [-0.2, 0) is 0 Å². The number of hydrogen-bond donors (Lipinski definition) is 0. The van der Waals surface area contributed by atoms with Crippen LogP contribution in [0.3, 0.4) is 0 Å². The Bertz CT molecular complexity index is 320. The van der Waals surface area contributed by atoms with Crippen LogP contribution in [0.4, 0.5) is 0 Å². The third kappa shape index (κ3) is 1.84. The molecule has 1 atom stereocenters. The van der Waals surface area contributed by atoms with Crippen molar-refractivity contribution in [3.05, 3.63) is 29.6 Å². The fourth-order valence-electron chi connectivity index (χ4n) is 1.47. The van der Waals surface area contributed by atoms with Gasteiger partial charge >= 0.3 is 0 Å². The molecule has 1 aromatic heterocycles. The van der Waals surface area contributed by atoms with Gasteiger partial charge in [-0.1, -0.05) is 0 Å². The van der Waals surface area contributed by atoms with E-state index in [0.717, 1.165) is 5.69 Å². The van der Waals surface area contributed by atoms with Crippen molar-refractivity contribution in [3.8, 4) is 6.07 Å². The zero-order valence-corrected chi connectivity index (χ0v) is 8.05. The molecule has 0 amide bonds. The zero-order chi connectivity index (χ0) is 9.10. The van der Waals surface area contributed by atoms with Gasteiger partial charge in [-0.3, -0.25) is 4.98 Å². The lowest BCUT2D eigenvalue weighted by Gasteiger charge is -2.06. The van der Waals surface area contributed by atoms with Crippen molar-refractivity contribution in [1.29, 1.82) is 5.26 Å². The summed E-state index contributed by atoms with van der Waals surface area (Å²) >= 11 is 1.96. The van der Waals surface area contributed by atoms with Gasteiger partial charge in [0.05, 0.1) is 11.3 Å². The number of pyridine rings is 1. The summed E-state index contributed by atoms with van der Waals surface area (Å²) in [6.45, 7) is 0. The summed E-state index contributed by atoms with van der Waals surface area (Å²) in [7, 11) is 0. The van der Waals surface area contributed by atoms with Crippen LogP contribution in [0.1, 0.15) is 29.3 Å². The van der Waals surface area contributed by atoms with Crippen LogP contribution in [-0.4, -0.2) is 10.7 Å². The van der Waals surface area contributed by atoms with Crippen LogP contribution in [0.2, 0.25) is 0 Å². The molecular weight excluding hydrogens is 180 g/mol. The number of nitrogens with zero attached hydrogens (tertiary/aromatic N) is 2. The Morgan fingerprint density at radius 3 is 3.00 bits per heavy atom. The molecule has 66 valence electrons. The minimum Gasteiger partial charge on any atom is -0.259 e. The monoisotopic (exact) mass is 190 g/mol. The lowest BCUT2D eigenvalue weighted by atomic mass is 10.1. The summed E-state index contributed by atoms with van der Waals surface area (Å²) in [6, 6.07) is 5.90. The number of rotatable bonds is 1. The molecule has 1 saturated heterocycles. The Kier molecular flexibility index (Phi) is 2.51. The van der Waals surface area contributed by atoms with E-state index in [1.165, 1.54) is 18.6 Å². The van der Waals surface area contributed by atoms with E-state index in [0.29, 0.717) is 10.8 Å². The minimum absolute atomic E-state index is 0.563. The molecule has 2 heterocycles. The highest BCUT2D eigenvalue weighted by molar-refractivity contribution is 7.99. The first-order valence-corrected chi connectivity index (χ1v) is 5.42. The van der Waals surface area contributed by atoms with Gasteiger partial charge in [-0.25, -0.2) is 0 Å². The highest BCUT2D eigenvalue weighted by atomic mass is 32.2. The van der Waals surface area contributed by atoms with Crippen molar-refractivity contribution in [3.63, 3.8) is 0 Å². The van der Waals surface area contributed by atoms with Crippen LogP contribution in [0.25, 0.3) is 0 Å². The van der Waals surface area contributed by atoms with Crippen molar-refractivity contribution in [2.45, 2.75) is 18.1 Å². The fraction of sp³-hybridized carbons (Fsp3) is 0.400. The summed E-state index contributed by atoms with van der Waals surface area (Å²) in [5, 5.41) is 9.16. The third-order valence-electron chi connectivity index (χ3n) is 2.18. The van der Waals surface area contributed by atoms with E-state index in [-0.39, 0.29) is 0 Å². The molecule has 0 bridgehead atoms. The minimum atomic E-state index is 0.563. The number of hydrogen-bond acceptors (Lipinski definition) is 3. The first kappa shape index (κ1) is 8.58. The third-order valence-corrected chi connectivity index (χ3v) is 3.58. The van der Waals surface area contributed by atoms with Crippen LogP contribution in [0.5, 0.6) is 0 Å². The van der Waals surface area contributed by atoms with E-state index in [1.807, 2.05) is 23.9 Å². The molecule has 0 aromatic carbocycles. The van der Waals surface area contributed by atoms with Gasteiger partial charge < -0.3 is 0 Å². The van der Waals surface area contributed by atoms with Gasteiger partial charge in [-0.2, -0.15) is 17.0 Å². The Labute approximate surface area is 82.0 Å². The van der Waals surface area contributed by atoms with Crippen LogP contribution >= 0.6 is 11.8 Å². The first-order valence-electron chi connectivity index (χ1n) is 4.38. The molecule has 3 heteroatoms. The highest BCUT2D eigenvalue weighted by Gasteiger charge is 2.18. The van der Waals surface area contributed by atoms with Crippen molar-refractivity contribution in [2.75, 3.05) is 5.75 Å². The van der Waals surface area contributed by atoms with E-state index in [1.54, 1.807) is 6.20 Å². The molecule has 2 nitrogen and oxygen atoms in total. The molecule has 1 aromatic rings. The van der Waals surface area contributed by atoms with Gasteiger partial charge in [0.2, 0.25) is 0 Å². The van der Waals surface area contributed by atoms with Gasteiger partial charge in [0, 0.05) is 11.4 Å². The molecule has 1 aliphatic rings. The van der Waals surface area contributed by atoms with Gasteiger partial charge in [0.15, 0.2) is 0 Å². The molecule has 1 unspecified atom stereocenters. The lowest BCUT2D eigenvalue weighted by Crippen LogP contribution is -1.92. The van der Waals surface area contributed by atoms with E-state index < -0.39 is 0 Å². The van der Waals surface area contributed by atoms with E-state index in [2.05, 4.69) is 11.1 Å². The van der Waals surface area contributed by atoms with Crippen molar-refractivity contribution >= 4 is 11.8 Å². The van der Waals surface area contributed by atoms with Gasteiger partial charge in [-0.05, 0) is 30.7 Å². The molecule has 0 radical (unpaired) electrons. The normalized spacial score (nSPS) is 21.3. The summed E-state index contributed by atoms with van der Waals surface area (Å²) in [4.78, 5) is 4.29. The second-order valence-corrected chi connectivity index (χ2v) is 4.40. The van der Waals surface area contributed by atoms with Gasteiger partial charge in [0.25, 0.3) is 0 Å². The standard InChI is InChI=1S/C10H10N2S/c11-6-8-3-4-9(12-7-8)10-2-1-5-13-10/h3-4,7,10H,1-2,5H2. The number of nitriles is 1. The molecule has 0 N–H and O–H groups in total. The first-order chi connectivity index (χ1) is 6.40. The molecular formula is C10H10N2S. The van der Waals surface area contributed by atoms with E-state index in [9.17, 15) is 0 Å². The highest BCUT2D eigenvalue weighted by Crippen LogP contribution is 2.38. The maximum absolute atomic E-state index is 8.60. The second-order valence-electron chi connectivity index (χ2n) is 3.09. The molecule has 0 aliphatic carbocycles. The van der Waals surface area contributed by atoms with Gasteiger partial charge in [-0.15, -0.1) is 0 Å². The molecule has 0 spiro atoms. The Hall–Kier alpha value is -1.01. The summed E-state index contributed by atoms with van der Waals surface area (Å²) in [6.07, 6.45) is 4.18. The largest absolute Gasteiger partial charge is 0.259 e. The van der Waals surface area contributed by atoms with E-state index >= 15 is 0 Å². The average molecular weight is 190 g/mol. The summed E-state index contributed by atoms with van der Waals surface area (Å²) in [5.74, 6) is 1.24. The number of thioether (sulfide) groups is 1. The molecule has 1 aliphatic heterocycles. The maximum atomic E-state index is 8.60. The fourth-order valence-corrected chi connectivity index (χ4v) is 2.73. The molecule has 13 heavy (non-hydrogen) atoms. The topological polar surface area (TPSA) is 36.7 Å². The predicted molar refractivity (Wildman–Crippen MR) is 53.4 cm³/mol.